The van der Waals surface area contributed by atoms with Crippen LogP contribution in [0.15, 0.2) is 24.4 Å². The summed E-state index contributed by atoms with van der Waals surface area (Å²) in [5, 5.41) is 0. The molecule has 1 N–H and O–H groups in total. The molecule has 2 aliphatic rings. The molecule has 1 amide bonds. The lowest BCUT2D eigenvalue weighted by Gasteiger charge is -2.23. The molecule has 1 aromatic heterocycles. The number of carbonyl (C=O) groups excluding carboxylic acids is 1. The Labute approximate surface area is 143 Å². The molecule has 1 unspecified atom stereocenters. The molecule has 0 bridgehead atoms. The van der Waals surface area contributed by atoms with Crippen molar-refractivity contribution in [3.63, 3.8) is 0 Å². The van der Waals surface area contributed by atoms with E-state index in [0.717, 1.165) is 18.1 Å². The number of H-pyrrole nitrogens is 1. The summed E-state index contributed by atoms with van der Waals surface area (Å²) < 4.78 is 0. The van der Waals surface area contributed by atoms with Gasteiger partial charge in [0.1, 0.15) is 5.82 Å². The van der Waals surface area contributed by atoms with E-state index in [4.69, 9.17) is 0 Å². The summed E-state index contributed by atoms with van der Waals surface area (Å²) in [6.07, 6.45) is 7.37. The quantitative estimate of drug-likeness (QED) is 0.929. The zero-order valence-corrected chi connectivity index (χ0v) is 14.5. The topological polar surface area (TPSA) is 49.0 Å². The SMILES string of the molecule is Cc1ccc(C)c(-c2cnc(C3CC(=O)N(C4CCCC4)C3)[nH]2)c1. The molecule has 0 spiro atoms. The summed E-state index contributed by atoms with van der Waals surface area (Å²) in [5.41, 5.74) is 4.74. The van der Waals surface area contributed by atoms with E-state index >= 15 is 0 Å². The van der Waals surface area contributed by atoms with E-state index in [9.17, 15) is 4.79 Å². The Hall–Kier alpha value is -2.10. The van der Waals surface area contributed by atoms with Crippen LogP contribution in [-0.2, 0) is 4.79 Å². The Bertz CT molecular complexity index is 758. The molecule has 4 heteroatoms. The number of nitrogens with one attached hydrogen (secondary N) is 1. The second kappa shape index (κ2) is 6.08. The summed E-state index contributed by atoms with van der Waals surface area (Å²) in [5.74, 6) is 1.47. The van der Waals surface area contributed by atoms with Crippen molar-refractivity contribution in [2.24, 2.45) is 0 Å². The molecule has 1 aliphatic heterocycles. The van der Waals surface area contributed by atoms with E-state index < -0.39 is 0 Å². The molecular weight excluding hydrogens is 298 g/mol. The number of aryl methyl sites for hydroxylation is 2. The number of aromatic nitrogens is 2. The number of carbonyl (C=O) groups is 1. The summed E-state index contributed by atoms with van der Waals surface area (Å²) in [7, 11) is 0. The number of imidazole rings is 1. The van der Waals surface area contributed by atoms with Crippen LogP contribution in [0, 0.1) is 13.8 Å². The summed E-state index contributed by atoms with van der Waals surface area (Å²) >= 11 is 0. The van der Waals surface area contributed by atoms with Crippen LogP contribution >= 0.6 is 0 Å². The van der Waals surface area contributed by atoms with Crippen LogP contribution in [-0.4, -0.2) is 33.4 Å². The maximum Gasteiger partial charge on any atom is 0.223 e. The van der Waals surface area contributed by atoms with E-state index in [1.165, 1.54) is 42.4 Å². The fraction of sp³-hybridized carbons (Fsp3) is 0.500. The lowest BCUT2D eigenvalue weighted by Crippen LogP contribution is -2.34. The zero-order chi connectivity index (χ0) is 16.7. The molecule has 2 aromatic rings. The van der Waals surface area contributed by atoms with E-state index in [1.807, 2.05) is 6.20 Å². The third-order valence-electron chi connectivity index (χ3n) is 5.59. The van der Waals surface area contributed by atoms with Crippen LogP contribution < -0.4 is 0 Å². The molecule has 2 fully saturated rings. The van der Waals surface area contributed by atoms with Crippen LogP contribution in [0.25, 0.3) is 11.3 Å². The fourth-order valence-corrected chi connectivity index (χ4v) is 4.19. The van der Waals surface area contributed by atoms with Crippen molar-refractivity contribution in [2.45, 2.75) is 57.9 Å². The summed E-state index contributed by atoms with van der Waals surface area (Å²) in [6, 6.07) is 6.94. The molecule has 24 heavy (non-hydrogen) atoms. The average molecular weight is 323 g/mol. The van der Waals surface area contributed by atoms with Gasteiger partial charge >= 0.3 is 0 Å². The van der Waals surface area contributed by atoms with Crippen molar-refractivity contribution in [2.75, 3.05) is 6.54 Å². The molecule has 126 valence electrons. The minimum atomic E-state index is 0.206. The van der Waals surface area contributed by atoms with Crippen LogP contribution in [0.1, 0.15) is 55.0 Å². The van der Waals surface area contributed by atoms with Gasteiger partial charge in [0.05, 0.1) is 11.9 Å². The highest BCUT2D eigenvalue weighted by Crippen LogP contribution is 2.34. The number of hydrogen-bond acceptors (Lipinski definition) is 2. The van der Waals surface area contributed by atoms with Crippen LogP contribution in [0.2, 0.25) is 0 Å². The van der Waals surface area contributed by atoms with Crippen molar-refractivity contribution < 1.29 is 4.79 Å². The van der Waals surface area contributed by atoms with Gasteiger partial charge in [-0.2, -0.15) is 0 Å². The molecular formula is C20H25N3O. The third kappa shape index (κ3) is 2.74. The van der Waals surface area contributed by atoms with Crippen molar-refractivity contribution in [1.29, 1.82) is 0 Å². The Kier molecular flexibility index (Phi) is 3.91. The van der Waals surface area contributed by atoms with E-state index in [1.54, 1.807) is 0 Å². The van der Waals surface area contributed by atoms with Gasteiger partial charge in [0.2, 0.25) is 5.91 Å². The number of rotatable bonds is 3. The molecule has 1 saturated heterocycles. The van der Waals surface area contributed by atoms with Crippen molar-refractivity contribution in [1.82, 2.24) is 14.9 Å². The maximum absolute atomic E-state index is 12.4. The smallest absolute Gasteiger partial charge is 0.223 e. The van der Waals surface area contributed by atoms with Gasteiger partial charge in [-0.05, 0) is 38.3 Å². The van der Waals surface area contributed by atoms with Gasteiger partial charge < -0.3 is 9.88 Å². The third-order valence-corrected chi connectivity index (χ3v) is 5.59. The average Bonchev–Trinajstić information content (AvgIpc) is 3.28. The first-order valence-electron chi connectivity index (χ1n) is 9.04. The maximum atomic E-state index is 12.4. The van der Waals surface area contributed by atoms with E-state index in [-0.39, 0.29) is 5.92 Å². The molecule has 4 nitrogen and oxygen atoms in total. The highest BCUT2D eigenvalue weighted by molar-refractivity contribution is 5.80. The van der Waals surface area contributed by atoms with Crippen molar-refractivity contribution >= 4 is 5.91 Å². The zero-order valence-electron chi connectivity index (χ0n) is 14.5. The predicted octanol–water partition coefficient (Wildman–Crippen LogP) is 3.95. The standard InChI is InChI=1S/C20H25N3O/c1-13-7-8-14(2)17(9-13)18-11-21-20(22-18)15-10-19(24)23(12-15)16-5-3-4-6-16/h7-9,11,15-16H,3-6,10,12H2,1-2H3,(H,21,22). The molecule has 1 aromatic carbocycles. The van der Waals surface area contributed by atoms with Gasteiger partial charge in [0.25, 0.3) is 0 Å². The number of aromatic amines is 1. The summed E-state index contributed by atoms with van der Waals surface area (Å²) in [4.78, 5) is 22.6. The highest BCUT2D eigenvalue weighted by atomic mass is 16.2. The molecule has 1 saturated carbocycles. The Morgan fingerprint density at radius 3 is 2.79 bits per heavy atom. The number of benzene rings is 1. The van der Waals surface area contributed by atoms with Gasteiger partial charge in [0, 0.05) is 30.5 Å². The molecule has 1 atom stereocenters. The predicted molar refractivity (Wildman–Crippen MR) is 94.8 cm³/mol. The monoisotopic (exact) mass is 323 g/mol. The lowest BCUT2D eigenvalue weighted by molar-refractivity contribution is -0.129. The molecule has 2 heterocycles. The Morgan fingerprint density at radius 1 is 1.21 bits per heavy atom. The van der Waals surface area contributed by atoms with Gasteiger partial charge in [-0.15, -0.1) is 0 Å². The first-order chi connectivity index (χ1) is 11.6. The molecule has 4 rings (SSSR count). The number of amides is 1. The first kappa shape index (κ1) is 15.4. The normalized spacial score (nSPS) is 21.8. The van der Waals surface area contributed by atoms with Gasteiger partial charge in [-0.1, -0.05) is 30.5 Å². The van der Waals surface area contributed by atoms with Gasteiger partial charge in [-0.3, -0.25) is 4.79 Å². The molecule has 1 aliphatic carbocycles. The van der Waals surface area contributed by atoms with Crippen molar-refractivity contribution in [3.8, 4) is 11.3 Å². The largest absolute Gasteiger partial charge is 0.342 e. The number of likely N-dealkylation sites (tertiary alicyclic amines) is 1. The minimum absolute atomic E-state index is 0.206. The van der Waals surface area contributed by atoms with Crippen LogP contribution in [0.4, 0.5) is 0 Å². The van der Waals surface area contributed by atoms with Crippen LogP contribution in [0.3, 0.4) is 0 Å². The van der Waals surface area contributed by atoms with Gasteiger partial charge in [0.15, 0.2) is 0 Å². The second-order valence-corrected chi connectivity index (χ2v) is 7.39. The number of hydrogen-bond donors (Lipinski definition) is 1. The van der Waals surface area contributed by atoms with Gasteiger partial charge in [-0.25, -0.2) is 4.98 Å². The highest BCUT2D eigenvalue weighted by Gasteiger charge is 2.37. The van der Waals surface area contributed by atoms with E-state index in [0.29, 0.717) is 18.4 Å². The first-order valence-corrected chi connectivity index (χ1v) is 9.04. The number of nitrogens with zero attached hydrogens (tertiary/aromatic N) is 2. The van der Waals surface area contributed by atoms with Crippen LogP contribution in [0.5, 0.6) is 0 Å². The minimum Gasteiger partial charge on any atom is -0.342 e. The van der Waals surface area contributed by atoms with E-state index in [2.05, 4.69) is 46.9 Å². The second-order valence-electron chi connectivity index (χ2n) is 7.39. The fourth-order valence-electron chi connectivity index (χ4n) is 4.19. The Morgan fingerprint density at radius 2 is 2.00 bits per heavy atom. The molecule has 0 radical (unpaired) electrons. The Balaban J connectivity index is 1.55. The van der Waals surface area contributed by atoms with Crippen molar-refractivity contribution in [3.05, 3.63) is 41.3 Å². The lowest BCUT2D eigenvalue weighted by atomic mass is 10.0. The summed E-state index contributed by atoms with van der Waals surface area (Å²) in [6.45, 7) is 5.05.